The molecule has 7 heavy (non-hydrogen) atoms. The van der Waals surface area contributed by atoms with E-state index >= 15 is 0 Å². The number of allylic oxidation sites excluding steroid dienone is 1. The molecule has 0 amide bonds. The molecule has 0 aromatic rings. The van der Waals surface area contributed by atoms with Crippen molar-refractivity contribution in [2.24, 2.45) is 5.73 Å². The number of nitrogens with two attached hydrogens (primary N) is 1. The van der Waals surface area contributed by atoms with Gasteiger partial charge in [-0.2, -0.15) is 0 Å². The number of hydrogen-bond acceptors (Lipinski definition) is 1. The SMILES string of the molecule is C/C=C\C(N)CC. The highest BCUT2D eigenvalue weighted by Crippen LogP contribution is 1.85. The van der Waals surface area contributed by atoms with Crippen molar-refractivity contribution in [2.75, 3.05) is 0 Å². The first-order chi connectivity index (χ1) is 3.31. The summed E-state index contributed by atoms with van der Waals surface area (Å²) in [7, 11) is 0. The lowest BCUT2D eigenvalue weighted by Crippen LogP contribution is -2.14. The zero-order valence-electron chi connectivity index (χ0n) is 5.02. The average Bonchev–Trinajstić information content (AvgIpc) is 1.68. The molecule has 0 heterocycles. The molecule has 1 atom stereocenters. The van der Waals surface area contributed by atoms with Crippen LogP contribution in [0.15, 0.2) is 12.2 Å². The van der Waals surface area contributed by atoms with E-state index in [0.717, 1.165) is 6.42 Å². The van der Waals surface area contributed by atoms with Crippen LogP contribution in [0.4, 0.5) is 0 Å². The van der Waals surface area contributed by atoms with Gasteiger partial charge in [0, 0.05) is 6.04 Å². The molecule has 0 fully saturated rings. The van der Waals surface area contributed by atoms with E-state index in [-0.39, 0.29) is 6.04 Å². The Bertz CT molecular complexity index is 57.2. The molecule has 42 valence electrons. The van der Waals surface area contributed by atoms with Crippen molar-refractivity contribution in [3.8, 4) is 0 Å². The molecule has 0 aromatic carbocycles. The fraction of sp³-hybridized carbons (Fsp3) is 0.667. The van der Waals surface area contributed by atoms with Gasteiger partial charge in [-0.05, 0) is 13.3 Å². The second-order valence-corrected chi connectivity index (χ2v) is 1.60. The zero-order valence-corrected chi connectivity index (χ0v) is 5.02. The van der Waals surface area contributed by atoms with Crippen molar-refractivity contribution in [3.63, 3.8) is 0 Å². The molecule has 0 rings (SSSR count). The summed E-state index contributed by atoms with van der Waals surface area (Å²) in [5.41, 5.74) is 5.50. The Labute approximate surface area is 45.2 Å². The van der Waals surface area contributed by atoms with Gasteiger partial charge in [0.2, 0.25) is 0 Å². The predicted octanol–water partition coefficient (Wildman–Crippen LogP) is 1.30. The van der Waals surface area contributed by atoms with Gasteiger partial charge in [-0.15, -0.1) is 0 Å². The Kier molecular flexibility index (Phi) is 3.71. The lowest BCUT2D eigenvalue weighted by molar-refractivity contribution is 0.781. The van der Waals surface area contributed by atoms with Gasteiger partial charge in [-0.3, -0.25) is 0 Å². The second-order valence-electron chi connectivity index (χ2n) is 1.60. The van der Waals surface area contributed by atoms with Crippen LogP contribution in [-0.2, 0) is 0 Å². The van der Waals surface area contributed by atoms with Crippen LogP contribution in [0, 0.1) is 0 Å². The van der Waals surface area contributed by atoms with E-state index in [0.29, 0.717) is 0 Å². The first-order valence-corrected chi connectivity index (χ1v) is 2.69. The summed E-state index contributed by atoms with van der Waals surface area (Å²) < 4.78 is 0. The van der Waals surface area contributed by atoms with E-state index in [1.165, 1.54) is 0 Å². The smallest absolute Gasteiger partial charge is 0.0220 e. The van der Waals surface area contributed by atoms with Gasteiger partial charge < -0.3 is 5.73 Å². The van der Waals surface area contributed by atoms with E-state index in [1.54, 1.807) is 0 Å². The molecule has 0 saturated heterocycles. The fourth-order valence-electron chi connectivity index (χ4n) is 0.383. The molecule has 1 heteroatoms. The summed E-state index contributed by atoms with van der Waals surface area (Å²) in [5, 5.41) is 0. The summed E-state index contributed by atoms with van der Waals surface area (Å²) in [4.78, 5) is 0. The molecule has 0 aliphatic carbocycles. The van der Waals surface area contributed by atoms with Crippen molar-refractivity contribution >= 4 is 0 Å². The standard InChI is InChI=1S/C6H13N/c1-3-5-6(7)4-2/h3,5-6H,4,7H2,1-2H3/b5-3-. The number of rotatable bonds is 2. The molecular formula is C6H13N. The normalized spacial score (nSPS) is 15.3. The van der Waals surface area contributed by atoms with Gasteiger partial charge in [-0.1, -0.05) is 19.1 Å². The minimum absolute atomic E-state index is 0.269. The zero-order chi connectivity index (χ0) is 5.70. The maximum absolute atomic E-state index is 5.50. The van der Waals surface area contributed by atoms with Crippen LogP contribution < -0.4 is 5.73 Å². The fourth-order valence-corrected chi connectivity index (χ4v) is 0.383. The highest BCUT2D eigenvalue weighted by molar-refractivity contribution is 4.87. The van der Waals surface area contributed by atoms with E-state index in [4.69, 9.17) is 5.73 Å². The summed E-state index contributed by atoms with van der Waals surface area (Å²) >= 11 is 0. The van der Waals surface area contributed by atoms with Crippen molar-refractivity contribution in [1.29, 1.82) is 0 Å². The molecule has 2 N–H and O–H groups in total. The van der Waals surface area contributed by atoms with Crippen molar-refractivity contribution < 1.29 is 0 Å². The van der Waals surface area contributed by atoms with Gasteiger partial charge in [0.1, 0.15) is 0 Å². The lowest BCUT2D eigenvalue weighted by Gasteiger charge is -1.96. The van der Waals surface area contributed by atoms with E-state index in [2.05, 4.69) is 6.92 Å². The maximum Gasteiger partial charge on any atom is 0.0220 e. The summed E-state index contributed by atoms with van der Waals surface area (Å²) in [6, 6.07) is 0.269. The van der Waals surface area contributed by atoms with Crippen LogP contribution in [0.5, 0.6) is 0 Å². The third-order valence-corrected chi connectivity index (χ3v) is 0.911. The summed E-state index contributed by atoms with van der Waals surface area (Å²) in [5.74, 6) is 0. The number of hydrogen-bond donors (Lipinski definition) is 1. The van der Waals surface area contributed by atoms with E-state index < -0.39 is 0 Å². The van der Waals surface area contributed by atoms with Gasteiger partial charge >= 0.3 is 0 Å². The Morgan fingerprint density at radius 2 is 2.29 bits per heavy atom. The second kappa shape index (κ2) is 3.88. The molecule has 1 nitrogen and oxygen atoms in total. The maximum atomic E-state index is 5.50. The topological polar surface area (TPSA) is 26.0 Å². The van der Waals surface area contributed by atoms with Crippen molar-refractivity contribution in [2.45, 2.75) is 26.3 Å². The van der Waals surface area contributed by atoms with Gasteiger partial charge in [0.15, 0.2) is 0 Å². The molecule has 1 unspecified atom stereocenters. The molecule has 0 bridgehead atoms. The average molecular weight is 99.2 g/mol. The highest BCUT2D eigenvalue weighted by Gasteiger charge is 1.85. The predicted molar refractivity (Wildman–Crippen MR) is 33.1 cm³/mol. The molecular weight excluding hydrogens is 86.1 g/mol. The Balaban J connectivity index is 3.16. The minimum Gasteiger partial charge on any atom is -0.324 e. The van der Waals surface area contributed by atoms with Crippen LogP contribution in [-0.4, -0.2) is 6.04 Å². The molecule has 0 radical (unpaired) electrons. The van der Waals surface area contributed by atoms with Crippen LogP contribution in [0.3, 0.4) is 0 Å². The Hall–Kier alpha value is -0.300. The third-order valence-electron chi connectivity index (χ3n) is 0.911. The first kappa shape index (κ1) is 6.70. The Morgan fingerprint density at radius 1 is 1.71 bits per heavy atom. The largest absolute Gasteiger partial charge is 0.324 e. The lowest BCUT2D eigenvalue weighted by atomic mass is 10.2. The summed E-state index contributed by atoms with van der Waals surface area (Å²) in [6.07, 6.45) is 5.01. The van der Waals surface area contributed by atoms with Crippen molar-refractivity contribution in [1.82, 2.24) is 0 Å². The van der Waals surface area contributed by atoms with Crippen LogP contribution in [0.2, 0.25) is 0 Å². The first-order valence-electron chi connectivity index (χ1n) is 2.69. The quantitative estimate of drug-likeness (QED) is 0.519. The van der Waals surface area contributed by atoms with Crippen LogP contribution >= 0.6 is 0 Å². The molecule has 0 aliphatic heterocycles. The summed E-state index contributed by atoms with van der Waals surface area (Å²) in [6.45, 7) is 4.06. The van der Waals surface area contributed by atoms with E-state index in [9.17, 15) is 0 Å². The van der Waals surface area contributed by atoms with E-state index in [1.807, 2.05) is 19.1 Å². The monoisotopic (exact) mass is 99.1 g/mol. The molecule has 0 spiro atoms. The molecule has 0 aromatic heterocycles. The van der Waals surface area contributed by atoms with Crippen molar-refractivity contribution in [3.05, 3.63) is 12.2 Å². The highest BCUT2D eigenvalue weighted by atomic mass is 14.6. The van der Waals surface area contributed by atoms with Gasteiger partial charge in [0.05, 0.1) is 0 Å². The van der Waals surface area contributed by atoms with Crippen LogP contribution in [0.1, 0.15) is 20.3 Å². The van der Waals surface area contributed by atoms with Gasteiger partial charge in [0.25, 0.3) is 0 Å². The van der Waals surface area contributed by atoms with Crippen LogP contribution in [0.25, 0.3) is 0 Å². The molecule has 0 aliphatic rings. The minimum atomic E-state index is 0.269. The third kappa shape index (κ3) is 3.53. The molecule has 0 saturated carbocycles. The Morgan fingerprint density at radius 3 is 2.43 bits per heavy atom. The van der Waals surface area contributed by atoms with Gasteiger partial charge in [-0.25, -0.2) is 0 Å².